The molecule has 0 heterocycles. The molecule has 1 N–H and O–H groups in total. The molecule has 0 saturated heterocycles. The molecular weight excluding hydrogens is 323 g/mol. The maximum absolute atomic E-state index is 11.3. The quantitative estimate of drug-likeness (QED) is 0.638. The summed E-state index contributed by atoms with van der Waals surface area (Å²) >= 11 is 0.358. The molecule has 1 aliphatic rings. The summed E-state index contributed by atoms with van der Waals surface area (Å²) in [6.07, 6.45) is 3.67. The van der Waals surface area contributed by atoms with Crippen molar-refractivity contribution in [2.24, 2.45) is 0 Å². The van der Waals surface area contributed by atoms with E-state index in [1.165, 1.54) is 0 Å². The van der Waals surface area contributed by atoms with Gasteiger partial charge >= 0.3 is 124 Å². The van der Waals surface area contributed by atoms with E-state index in [0.29, 0.717) is 43.2 Å². The first-order valence-electron chi connectivity index (χ1n) is 6.68. The monoisotopic (exact) mass is 342 g/mol. The Morgan fingerprint density at radius 3 is 2.75 bits per heavy atom. The fourth-order valence-electron chi connectivity index (χ4n) is 2.17. The summed E-state index contributed by atoms with van der Waals surface area (Å²) in [4.78, 5) is 22.6. The molecule has 108 valence electrons. The van der Waals surface area contributed by atoms with Gasteiger partial charge in [0.05, 0.1) is 0 Å². The second-order valence-electron chi connectivity index (χ2n) is 4.89. The minimum absolute atomic E-state index is 0.290. The van der Waals surface area contributed by atoms with Crippen molar-refractivity contribution < 1.29 is 19.4 Å². The van der Waals surface area contributed by atoms with Crippen LogP contribution in [0.2, 0.25) is 4.82 Å². The Morgan fingerprint density at radius 1 is 1.35 bits per heavy atom. The number of carbonyl (C=O) groups is 2. The maximum atomic E-state index is 11.3. The minimum atomic E-state index is -0.914. The Hall–Kier alpha value is -1.16. The van der Waals surface area contributed by atoms with Gasteiger partial charge in [0.2, 0.25) is 0 Å². The number of carboxylic acid groups (broad SMARTS) is 1. The van der Waals surface area contributed by atoms with Crippen molar-refractivity contribution >= 4 is 26.7 Å². The van der Waals surface area contributed by atoms with Crippen LogP contribution < -0.4 is 0 Å². The molecule has 20 heavy (non-hydrogen) atoms. The SMILES string of the molecule is O=C1CCCC([Se]COCc2ccc(C(=O)O)cc2)C1. The Bertz CT molecular complexity index is 469. The second kappa shape index (κ2) is 7.58. The van der Waals surface area contributed by atoms with Crippen LogP contribution in [0.15, 0.2) is 24.3 Å². The van der Waals surface area contributed by atoms with Gasteiger partial charge in [-0.25, -0.2) is 0 Å². The second-order valence-corrected chi connectivity index (χ2v) is 7.48. The van der Waals surface area contributed by atoms with E-state index < -0.39 is 5.97 Å². The van der Waals surface area contributed by atoms with Crippen LogP contribution in [0.25, 0.3) is 0 Å². The molecule has 2 rings (SSSR count). The van der Waals surface area contributed by atoms with Crippen molar-refractivity contribution in [3.63, 3.8) is 0 Å². The predicted octanol–water partition coefficient (Wildman–Crippen LogP) is 2.49. The fraction of sp³-hybridized carbons (Fsp3) is 0.467. The van der Waals surface area contributed by atoms with Crippen LogP contribution in [-0.2, 0) is 16.1 Å². The summed E-state index contributed by atoms with van der Waals surface area (Å²) in [5, 5.41) is 8.80. The van der Waals surface area contributed by atoms with Crippen molar-refractivity contribution in [1.29, 1.82) is 0 Å². The third kappa shape index (κ3) is 4.74. The molecule has 1 aromatic carbocycles. The molecule has 1 fully saturated rings. The first-order chi connectivity index (χ1) is 9.65. The van der Waals surface area contributed by atoms with E-state index in [9.17, 15) is 9.59 Å². The van der Waals surface area contributed by atoms with Gasteiger partial charge in [-0.05, 0) is 0 Å². The molecule has 1 saturated carbocycles. The topological polar surface area (TPSA) is 63.6 Å². The average molecular weight is 341 g/mol. The number of Topliss-reactive ketones (excluding diaryl/α,β-unsaturated/α-hetero) is 1. The molecule has 1 atom stereocenters. The van der Waals surface area contributed by atoms with Gasteiger partial charge in [0, 0.05) is 0 Å². The molecular formula is C15H18O4Se. The average Bonchev–Trinajstić information content (AvgIpc) is 2.44. The van der Waals surface area contributed by atoms with Crippen LogP contribution in [0.5, 0.6) is 0 Å². The summed E-state index contributed by atoms with van der Waals surface area (Å²) in [6, 6.07) is 6.74. The normalized spacial score (nSPS) is 19.0. The molecule has 0 aliphatic heterocycles. The van der Waals surface area contributed by atoms with Crippen LogP contribution in [0.3, 0.4) is 0 Å². The number of hydrogen-bond acceptors (Lipinski definition) is 3. The van der Waals surface area contributed by atoms with Gasteiger partial charge in [-0.15, -0.1) is 0 Å². The van der Waals surface area contributed by atoms with Crippen molar-refractivity contribution in [3.8, 4) is 0 Å². The third-order valence-electron chi connectivity index (χ3n) is 3.29. The van der Waals surface area contributed by atoms with E-state index in [-0.39, 0.29) is 0 Å². The van der Waals surface area contributed by atoms with Crippen LogP contribution in [0.1, 0.15) is 41.6 Å². The van der Waals surface area contributed by atoms with E-state index in [1.807, 2.05) is 0 Å². The molecule has 4 nitrogen and oxygen atoms in total. The van der Waals surface area contributed by atoms with Crippen molar-refractivity contribution in [3.05, 3.63) is 35.4 Å². The van der Waals surface area contributed by atoms with E-state index in [1.54, 1.807) is 24.3 Å². The third-order valence-corrected chi connectivity index (χ3v) is 5.76. The van der Waals surface area contributed by atoms with Crippen LogP contribution in [0.4, 0.5) is 0 Å². The summed E-state index contributed by atoms with van der Waals surface area (Å²) in [7, 11) is 0. The molecule has 0 spiro atoms. The molecule has 0 aromatic heterocycles. The first-order valence-corrected chi connectivity index (χ1v) is 8.88. The number of carbonyl (C=O) groups excluding carboxylic acids is 1. The Balaban J connectivity index is 1.67. The molecule has 0 radical (unpaired) electrons. The number of ether oxygens (including phenoxy) is 1. The molecule has 1 aliphatic carbocycles. The predicted molar refractivity (Wildman–Crippen MR) is 76.0 cm³/mol. The number of aromatic carboxylic acids is 1. The van der Waals surface area contributed by atoms with Gasteiger partial charge in [-0.1, -0.05) is 0 Å². The summed E-state index contributed by atoms with van der Waals surface area (Å²) in [5.74, 6) is -0.518. The zero-order valence-corrected chi connectivity index (χ0v) is 12.9. The van der Waals surface area contributed by atoms with Crippen LogP contribution >= 0.6 is 0 Å². The van der Waals surface area contributed by atoms with E-state index in [2.05, 4.69) is 0 Å². The van der Waals surface area contributed by atoms with Crippen LogP contribution in [-0.4, -0.2) is 37.3 Å². The van der Waals surface area contributed by atoms with Gasteiger partial charge in [0.15, 0.2) is 0 Å². The van der Waals surface area contributed by atoms with Crippen LogP contribution in [0, 0.1) is 0 Å². The Kier molecular flexibility index (Phi) is 5.77. The molecule has 0 bridgehead atoms. The summed E-state index contributed by atoms with van der Waals surface area (Å²) < 4.78 is 5.63. The van der Waals surface area contributed by atoms with Crippen molar-refractivity contribution in [2.75, 3.05) is 5.51 Å². The van der Waals surface area contributed by atoms with E-state index in [0.717, 1.165) is 31.2 Å². The Labute approximate surface area is 124 Å². The summed E-state index contributed by atoms with van der Waals surface area (Å²) in [5.41, 5.74) is 1.98. The fourth-order valence-corrected chi connectivity index (χ4v) is 4.29. The van der Waals surface area contributed by atoms with Crippen molar-refractivity contribution in [1.82, 2.24) is 0 Å². The molecule has 1 unspecified atom stereocenters. The summed E-state index contributed by atoms with van der Waals surface area (Å²) in [6.45, 7) is 0.502. The van der Waals surface area contributed by atoms with Gasteiger partial charge in [0.25, 0.3) is 0 Å². The standard InChI is InChI=1S/C15H18O4Se/c16-13-2-1-3-14(8-13)20-10-19-9-11-4-6-12(7-5-11)15(17)18/h4-7,14H,1-3,8-10H2,(H,17,18). The van der Waals surface area contributed by atoms with Gasteiger partial charge < -0.3 is 0 Å². The zero-order valence-electron chi connectivity index (χ0n) is 11.2. The number of ketones is 1. The molecule has 0 amide bonds. The molecule has 5 heteroatoms. The van der Waals surface area contributed by atoms with Gasteiger partial charge in [-0.2, -0.15) is 0 Å². The number of hydrogen-bond donors (Lipinski definition) is 1. The van der Waals surface area contributed by atoms with Gasteiger partial charge in [0.1, 0.15) is 0 Å². The van der Waals surface area contributed by atoms with Crippen molar-refractivity contribution in [2.45, 2.75) is 37.1 Å². The van der Waals surface area contributed by atoms with Gasteiger partial charge in [-0.3, -0.25) is 0 Å². The zero-order chi connectivity index (χ0) is 14.4. The molecule has 1 aromatic rings. The Morgan fingerprint density at radius 2 is 2.10 bits per heavy atom. The van der Waals surface area contributed by atoms with E-state index >= 15 is 0 Å². The van der Waals surface area contributed by atoms with E-state index in [4.69, 9.17) is 9.84 Å². The number of carboxylic acids is 1. The number of benzene rings is 1. The number of rotatable bonds is 6. The first kappa shape index (κ1) is 15.2.